The molecule has 0 aliphatic carbocycles. The van der Waals surface area contributed by atoms with Gasteiger partial charge >= 0.3 is 0 Å². The second-order valence-corrected chi connectivity index (χ2v) is 5.92. The monoisotopic (exact) mass is 299 g/mol. The quantitative estimate of drug-likeness (QED) is 0.778. The van der Waals surface area contributed by atoms with Crippen LogP contribution in [0.3, 0.4) is 0 Å². The third kappa shape index (κ3) is 2.57. The Bertz CT molecular complexity index is 631. The number of carbonyl (C=O) groups is 2. The van der Waals surface area contributed by atoms with Gasteiger partial charge < -0.3 is 9.80 Å². The fourth-order valence-corrected chi connectivity index (χ4v) is 3.01. The molecular formula is C17H21N3O2. The van der Waals surface area contributed by atoms with Crippen LogP contribution in [0.2, 0.25) is 0 Å². The molecule has 1 unspecified atom stereocenters. The maximum atomic E-state index is 12.7. The summed E-state index contributed by atoms with van der Waals surface area (Å²) in [6.45, 7) is 5.08. The molecule has 0 aromatic heterocycles. The van der Waals surface area contributed by atoms with Crippen molar-refractivity contribution in [2.45, 2.75) is 13.3 Å². The average Bonchev–Trinajstić information content (AvgIpc) is 2.55. The van der Waals surface area contributed by atoms with E-state index in [-0.39, 0.29) is 11.7 Å². The van der Waals surface area contributed by atoms with Crippen molar-refractivity contribution in [1.82, 2.24) is 9.80 Å². The molecule has 1 amide bonds. The van der Waals surface area contributed by atoms with Gasteiger partial charge in [-0.05, 0) is 25.1 Å². The number of para-hydroxylation sites is 1. The Hall–Kier alpha value is -2.01. The minimum atomic E-state index is -0.761. The van der Waals surface area contributed by atoms with Crippen molar-refractivity contribution in [3.63, 3.8) is 0 Å². The molecule has 22 heavy (non-hydrogen) atoms. The molecule has 0 spiro atoms. The van der Waals surface area contributed by atoms with E-state index >= 15 is 0 Å². The lowest BCUT2D eigenvalue weighted by atomic mass is 9.91. The smallest absolute Gasteiger partial charge is 0.239 e. The van der Waals surface area contributed by atoms with Gasteiger partial charge in [0.1, 0.15) is 5.92 Å². The second kappa shape index (κ2) is 6.01. The second-order valence-electron chi connectivity index (χ2n) is 5.92. The van der Waals surface area contributed by atoms with E-state index in [0.717, 1.165) is 30.8 Å². The molecule has 3 rings (SSSR count). The van der Waals surface area contributed by atoms with Gasteiger partial charge in [-0.1, -0.05) is 19.1 Å². The van der Waals surface area contributed by atoms with Gasteiger partial charge in [0, 0.05) is 38.0 Å². The summed E-state index contributed by atoms with van der Waals surface area (Å²) in [5.74, 6) is -0.998. The number of rotatable bonds is 2. The highest BCUT2D eigenvalue weighted by molar-refractivity contribution is 6.23. The maximum absolute atomic E-state index is 12.7. The third-order valence-corrected chi connectivity index (χ3v) is 4.48. The van der Waals surface area contributed by atoms with Gasteiger partial charge in [0.2, 0.25) is 5.91 Å². The first-order valence-corrected chi connectivity index (χ1v) is 7.79. The number of Topliss-reactive ketones (excluding diaryl/α,β-unsaturated/α-hetero) is 1. The maximum Gasteiger partial charge on any atom is 0.239 e. The molecule has 5 heteroatoms. The van der Waals surface area contributed by atoms with Gasteiger partial charge in [0.15, 0.2) is 5.78 Å². The lowest BCUT2D eigenvalue weighted by Crippen LogP contribution is -2.50. The SMILES string of the molecule is CCc1cccc2c1N=CC(C(=O)N1CCN(C)CC1)C2=O. The van der Waals surface area contributed by atoms with E-state index in [9.17, 15) is 9.59 Å². The molecule has 2 heterocycles. The topological polar surface area (TPSA) is 53.0 Å². The van der Waals surface area contributed by atoms with Gasteiger partial charge in [-0.25, -0.2) is 0 Å². The van der Waals surface area contributed by atoms with Gasteiger partial charge in [-0.3, -0.25) is 14.6 Å². The zero-order valence-corrected chi connectivity index (χ0v) is 13.1. The van der Waals surface area contributed by atoms with Gasteiger partial charge in [-0.15, -0.1) is 0 Å². The van der Waals surface area contributed by atoms with E-state index in [4.69, 9.17) is 0 Å². The minimum absolute atomic E-state index is 0.116. The number of likely N-dealkylation sites (N-methyl/N-ethyl adjacent to an activating group) is 1. The highest BCUT2D eigenvalue weighted by Crippen LogP contribution is 2.31. The van der Waals surface area contributed by atoms with Crippen LogP contribution in [0, 0.1) is 5.92 Å². The number of aliphatic imine (C=N–C) groups is 1. The van der Waals surface area contributed by atoms with Crippen LogP contribution in [-0.4, -0.2) is 60.9 Å². The molecule has 5 nitrogen and oxygen atoms in total. The lowest BCUT2D eigenvalue weighted by Gasteiger charge is -2.34. The largest absolute Gasteiger partial charge is 0.339 e. The number of ketones is 1. The van der Waals surface area contributed by atoms with Gasteiger partial charge in [-0.2, -0.15) is 0 Å². The number of hydrogen-bond donors (Lipinski definition) is 0. The molecule has 0 radical (unpaired) electrons. The molecule has 1 aromatic rings. The van der Waals surface area contributed by atoms with Crippen LogP contribution in [-0.2, 0) is 11.2 Å². The summed E-state index contributed by atoms with van der Waals surface area (Å²) in [5.41, 5.74) is 2.36. The number of fused-ring (bicyclic) bond motifs is 1. The van der Waals surface area contributed by atoms with E-state index in [1.165, 1.54) is 6.21 Å². The van der Waals surface area contributed by atoms with Crippen LogP contribution >= 0.6 is 0 Å². The molecule has 1 saturated heterocycles. The summed E-state index contributed by atoms with van der Waals surface area (Å²) >= 11 is 0. The van der Waals surface area contributed by atoms with Gasteiger partial charge in [0.05, 0.1) is 5.69 Å². The van der Waals surface area contributed by atoms with Crippen LogP contribution in [0.4, 0.5) is 5.69 Å². The molecule has 1 atom stereocenters. The first-order chi connectivity index (χ1) is 10.6. The van der Waals surface area contributed by atoms with E-state index in [2.05, 4.69) is 9.89 Å². The lowest BCUT2D eigenvalue weighted by molar-refractivity contribution is -0.133. The summed E-state index contributed by atoms with van der Waals surface area (Å²) in [4.78, 5) is 33.7. The fourth-order valence-electron chi connectivity index (χ4n) is 3.01. The number of amides is 1. The molecule has 0 N–H and O–H groups in total. The van der Waals surface area contributed by atoms with E-state index in [1.54, 1.807) is 11.0 Å². The number of piperazine rings is 1. The first kappa shape index (κ1) is 14.9. The summed E-state index contributed by atoms with van der Waals surface area (Å²) in [6, 6.07) is 5.62. The number of hydrogen-bond acceptors (Lipinski definition) is 4. The van der Waals surface area contributed by atoms with Crippen LogP contribution < -0.4 is 0 Å². The number of benzene rings is 1. The Morgan fingerprint density at radius 1 is 1.27 bits per heavy atom. The highest BCUT2D eigenvalue weighted by Gasteiger charge is 2.34. The average molecular weight is 299 g/mol. The van der Waals surface area contributed by atoms with Crippen molar-refractivity contribution in [2.75, 3.05) is 33.2 Å². The number of carbonyl (C=O) groups excluding carboxylic acids is 2. The third-order valence-electron chi connectivity index (χ3n) is 4.48. The Morgan fingerprint density at radius 3 is 2.68 bits per heavy atom. The van der Waals surface area contributed by atoms with Crippen molar-refractivity contribution in [3.8, 4) is 0 Å². The minimum Gasteiger partial charge on any atom is -0.339 e. The van der Waals surface area contributed by atoms with Crippen LogP contribution in [0.5, 0.6) is 0 Å². The Balaban J connectivity index is 1.83. The zero-order chi connectivity index (χ0) is 15.7. The molecule has 116 valence electrons. The van der Waals surface area contributed by atoms with E-state index < -0.39 is 5.92 Å². The predicted octanol–water partition coefficient (Wildman–Crippen LogP) is 1.54. The van der Waals surface area contributed by atoms with Crippen molar-refractivity contribution in [1.29, 1.82) is 0 Å². The summed E-state index contributed by atoms with van der Waals surface area (Å²) in [6.07, 6.45) is 2.36. The van der Waals surface area contributed by atoms with Crippen molar-refractivity contribution in [2.24, 2.45) is 10.9 Å². The van der Waals surface area contributed by atoms with Crippen molar-refractivity contribution in [3.05, 3.63) is 29.3 Å². The van der Waals surface area contributed by atoms with E-state index in [0.29, 0.717) is 18.7 Å². The molecule has 2 aliphatic rings. The summed E-state index contributed by atoms with van der Waals surface area (Å²) in [7, 11) is 2.04. The van der Waals surface area contributed by atoms with Gasteiger partial charge in [0.25, 0.3) is 0 Å². The Labute approximate surface area is 130 Å². The molecule has 1 fully saturated rings. The molecule has 0 bridgehead atoms. The Kier molecular flexibility index (Phi) is 4.07. The zero-order valence-electron chi connectivity index (χ0n) is 13.1. The van der Waals surface area contributed by atoms with Crippen LogP contribution in [0.15, 0.2) is 23.2 Å². The summed E-state index contributed by atoms with van der Waals surface area (Å²) < 4.78 is 0. The normalized spacial score (nSPS) is 21.8. The standard InChI is InChI=1S/C17H21N3O2/c1-3-12-5-4-6-13-15(12)18-11-14(16(13)21)17(22)20-9-7-19(2)8-10-20/h4-6,11,14H,3,7-10H2,1-2H3. The van der Waals surface area contributed by atoms with Crippen LogP contribution in [0.25, 0.3) is 0 Å². The molecule has 1 aromatic carbocycles. The molecule has 0 saturated carbocycles. The predicted molar refractivity (Wildman–Crippen MR) is 85.9 cm³/mol. The van der Waals surface area contributed by atoms with Crippen molar-refractivity contribution < 1.29 is 9.59 Å². The Morgan fingerprint density at radius 2 is 2.00 bits per heavy atom. The first-order valence-electron chi connectivity index (χ1n) is 7.79. The fraction of sp³-hybridized carbons (Fsp3) is 0.471. The van der Waals surface area contributed by atoms with Crippen molar-refractivity contribution >= 4 is 23.6 Å². The number of nitrogens with zero attached hydrogens (tertiary/aromatic N) is 3. The summed E-state index contributed by atoms with van der Waals surface area (Å²) in [5, 5.41) is 0. The van der Waals surface area contributed by atoms with Crippen LogP contribution in [0.1, 0.15) is 22.8 Å². The van der Waals surface area contributed by atoms with E-state index in [1.807, 2.05) is 26.1 Å². The highest BCUT2D eigenvalue weighted by atomic mass is 16.2. The molecule has 2 aliphatic heterocycles. The molecular weight excluding hydrogens is 278 g/mol. The number of aryl methyl sites for hydroxylation is 1.